The third kappa shape index (κ3) is 4.16. The van der Waals surface area contributed by atoms with Gasteiger partial charge in [-0.2, -0.15) is 0 Å². The maximum Gasteiger partial charge on any atom is 0.225 e. The van der Waals surface area contributed by atoms with Crippen molar-refractivity contribution in [3.63, 3.8) is 0 Å². The van der Waals surface area contributed by atoms with E-state index in [1.165, 1.54) is 0 Å². The van der Waals surface area contributed by atoms with Gasteiger partial charge in [-0.3, -0.25) is 15.0 Å². The minimum atomic E-state index is -0.585. The molecule has 1 atom stereocenters. The molecule has 0 spiro atoms. The maximum atomic E-state index is 12.4. The zero-order valence-corrected chi connectivity index (χ0v) is 13.2. The summed E-state index contributed by atoms with van der Waals surface area (Å²) in [6, 6.07) is 6.68. The highest BCUT2D eigenvalue weighted by Gasteiger charge is 2.27. The van der Waals surface area contributed by atoms with E-state index in [1.54, 1.807) is 36.1 Å². The van der Waals surface area contributed by atoms with Gasteiger partial charge in [-0.1, -0.05) is 31.2 Å². The van der Waals surface area contributed by atoms with Gasteiger partial charge in [-0.05, 0) is 12.8 Å². The molecule has 0 aromatic heterocycles. The Hall–Kier alpha value is -2.21. The molecule has 6 nitrogen and oxygen atoms in total. The number of hydrogen-bond acceptors (Lipinski definition) is 3. The van der Waals surface area contributed by atoms with Crippen LogP contribution in [0.5, 0.6) is 0 Å². The maximum absolute atomic E-state index is 12.4. The van der Waals surface area contributed by atoms with Crippen molar-refractivity contribution >= 4 is 17.5 Å². The van der Waals surface area contributed by atoms with Gasteiger partial charge >= 0.3 is 0 Å². The number of amidine groups is 1. The number of nitrogen functional groups attached to an aromatic ring is 1. The number of carbonyl (C=O) groups is 2. The van der Waals surface area contributed by atoms with Gasteiger partial charge in [0.15, 0.2) is 5.78 Å². The van der Waals surface area contributed by atoms with Crippen LogP contribution in [0.15, 0.2) is 24.3 Å². The predicted molar refractivity (Wildman–Crippen MR) is 85.9 cm³/mol. The van der Waals surface area contributed by atoms with E-state index in [0.29, 0.717) is 37.1 Å². The van der Waals surface area contributed by atoms with E-state index in [-0.39, 0.29) is 23.9 Å². The summed E-state index contributed by atoms with van der Waals surface area (Å²) in [6.45, 7) is 2.66. The van der Waals surface area contributed by atoms with Crippen LogP contribution in [0.3, 0.4) is 0 Å². The van der Waals surface area contributed by atoms with Gasteiger partial charge in [0, 0.05) is 36.6 Å². The third-order valence-electron chi connectivity index (χ3n) is 4.18. The summed E-state index contributed by atoms with van der Waals surface area (Å²) in [4.78, 5) is 26.5. The summed E-state index contributed by atoms with van der Waals surface area (Å²) < 4.78 is 0. The smallest absolute Gasteiger partial charge is 0.225 e. The summed E-state index contributed by atoms with van der Waals surface area (Å²) in [5.74, 6) is -0.905. The molecule has 23 heavy (non-hydrogen) atoms. The fourth-order valence-corrected chi connectivity index (χ4v) is 2.82. The average Bonchev–Trinajstić information content (AvgIpc) is 2.54. The monoisotopic (exact) mass is 316 g/mol. The SMILES string of the molecule is CC(CC(=O)c1ccccc1C(=N)N)C(=O)N1CCC([O])CC1. The number of ketones is 1. The van der Waals surface area contributed by atoms with Gasteiger partial charge in [-0.15, -0.1) is 0 Å². The van der Waals surface area contributed by atoms with Crippen molar-refractivity contribution in [3.05, 3.63) is 35.4 Å². The largest absolute Gasteiger partial charge is 0.384 e. The van der Waals surface area contributed by atoms with Crippen LogP contribution in [0.2, 0.25) is 0 Å². The molecule has 1 radical (unpaired) electrons. The van der Waals surface area contributed by atoms with E-state index in [9.17, 15) is 14.7 Å². The zero-order chi connectivity index (χ0) is 17.0. The number of benzene rings is 1. The molecule has 3 N–H and O–H groups in total. The van der Waals surface area contributed by atoms with Crippen molar-refractivity contribution < 1.29 is 14.7 Å². The van der Waals surface area contributed by atoms with E-state index >= 15 is 0 Å². The van der Waals surface area contributed by atoms with Crippen LogP contribution in [0.4, 0.5) is 0 Å². The summed E-state index contributed by atoms with van der Waals surface area (Å²) in [6.07, 6.45) is 0.429. The van der Waals surface area contributed by atoms with Crippen LogP contribution < -0.4 is 5.73 Å². The number of amides is 1. The van der Waals surface area contributed by atoms with Crippen molar-refractivity contribution in [3.8, 4) is 0 Å². The lowest BCUT2D eigenvalue weighted by molar-refractivity contribution is -0.137. The van der Waals surface area contributed by atoms with Crippen LogP contribution in [0, 0.1) is 11.3 Å². The highest BCUT2D eigenvalue weighted by Crippen LogP contribution is 2.18. The van der Waals surface area contributed by atoms with Gasteiger partial charge in [0.05, 0.1) is 6.10 Å². The highest BCUT2D eigenvalue weighted by molar-refractivity contribution is 6.09. The number of carbonyl (C=O) groups excluding carboxylic acids is 2. The van der Waals surface area contributed by atoms with Crippen molar-refractivity contribution in [2.75, 3.05) is 13.1 Å². The Kier molecular flexibility index (Phi) is 5.50. The van der Waals surface area contributed by atoms with E-state index in [1.807, 2.05) is 0 Å². The second kappa shape index (κ2) is 7.37. The average molecular weight is 316 g/mol. The number of nitrogens with two attached hydrogens (primary N) is 1. The second-order valence-electron chi connectivity index (χ2n) is 6.01. The van der Waals surface area contributed by atoms with Gasteiger partial charge in [0.25, 0.3) is 0 Å². The summed E-state index contributed by atoms with van der Waals surface area (Å²) in [7, 11) is 0. The Morgan fingerprint density at radius 2 is 1.83 bits per heavy atom. The van der Waals surface area contributed by atoms with Gasteiger partial charge in [-0.25, -0.2) is 5.11 Å². The Morgan fingerprint density at radius 1 is 1.26 bits per heavy atom. The van der Waals surface area contributed by atoms with Gasteiger partial charge < -0.3 is 10.6 Å². The van der Waals surface area contributed by atoms with Crippen molar-refractivity contribution in [2.45, 2.75) is 32.3 Å². The zero-order valence-electron chi connectivity index (χ0n) is 13.2. The van der Waals surface area contributed by atoms with Crippen molar-refractivity contribution in [2.24, 2.45) is 11.7 Å². The lowest BCUT2D eigenvalue weighted by atomic mass is 9.94. The first kappa shape index (κ1) is 17.1. The second-order valence-corrected chi connectivity index (χ2v) is 6.01. The van der Waals surface area contributed by atoms with Gasteiger partial charge in [0.2, 0.25) is 5.91 Å². The first-order valence-electron chi connectivity index (χ1n) is 7.81. The molecule has 1 saturated heterocycles. The Balaban J connectivity index is 2.02. The molecule has 0 saturated carbocycles. The molecule has 1 aromatic carbocycles. The molecule has 6 heteroatoms. The fraction of sp³-hybridized carbons (Fsp3) is 0.471. The molecule has 1 aromatic rings. The highest BCUT2D eigenvalue weighted by atomic mass is 16.3. The first-order chi connectivity index (χ1) is 10.9. The Bertz CT molecular complexity index is 607. The number of Topliss-reactive ketones (excluding diaryl/α,β-unsaturated/α-hetero) is 1. The summed E-state index contributed by atoms with van der Waals surface area (Å²) in [5, 5.41) is 18.9. The molecule has 1 fully saturated rings. The van der Waals surface area contributed by atoms with E-state index in [0.717, 1.165) is 0 Å². The molecule has 0 aliphatic carbocycles. The van der Waals surface area contributed by atoms with Crippen LogP contribution >= 0.6 is 0 Å². The topological polar surface area (TPSA) is 107 Å². The molecule has 0 bridgehead atoms. The van der Waals surface area contributed by atoms with E-state index in [2.05, 4.69) is 0 Å². The predicted octanol–water partition coefficient (Wildman–Crippen LogP) is 1.60. The quantitative estimate of drug-likeness (QED) is 0.489. The van der Waals surface area contributed by atoms with Crippen molar-refractivity contribution in [1.29, 1.82) is 5.41 Å². The molecule has 1 unspecified atom stereocenters. The molecule has 1 aliphatic rings. The van der Waals surface area contributed by atoms with Crippen molar-refractivity contribution in [1.82, 2.24) is 4.90 Å². The molecular weight excluding hydrogens is 294 g/mol. The lowest BCUT2D eigenvalue weighted by Gasteiger charge is -2.30. The third-order valence-corrected chi connectivity index (χ3v) is 4.18. The number of nitrogens with zero attached hydrogens (tertiary/aromatic N) is 1. The molecule has 1 heterocycles. The van der Waals surface area contributed by atoms with Crippen LogP contribution in [-0.2, 0) is 9.90 Å². The number of nitrogens with one attached hydrogen (secondary N) is 1. The van der Waals surface area contributed by atoms with E-state index in [4.69, 9.17) is 11.1 Å². The Morgan fingerprint density at radius 3 is 2.39 bits per heavy atom. The molecule has 1 aliphatic heterocycles. The number of piperidine rings is 1. The molecule has 123 valence electrons. The minimum Gasteiger partial charge on any atom is -0.384 e. The first-order valence-corrected chi connectivity index (χ1v) is 7.81. The number of likely N-dealkylation sites (tertiary alicyclic amines) is 1. The van der Waals surface area contributed by atoms with Crippen LogP contribution in [-0.4, -0.2) is 41.6 Å². The van der Waals surface area contributed by atoms with Gasteiger partial charge in [0.1, 0.15) is 5.84 Å². The van der Waals surface area contributed by atoms with Crippen LogP contribution in [0.1, 0.15) is 42.1 Å². The normalized spacial score (nSPS) is 16.9. The summed E-state index contributed by atoms with van der Waals surface area (Å²) in [5.41, 5.74) is 6.27. The number of hydrogen-bond donors (Lipinski definition) is 2. The molecular formula is C17H22N3O3. The van der Waals surface area contributed by atoms with Crippen LogP contribution in [0.25, 0.3) is 0 Å². The Labute approximate surface area is 135 Å². The molecule has 2 rings (SSSR count). The molecule has 1 amide bonds. The standard InChI is InChI=1S/C17H22N3O3/c1-11(17(23)20-8-6-12(21)7-9-20)10-15(22)13-4-2-3-5-14(13)16(18)19/h2-5,11-12H,6-10H2,1H3,(H3,18,19). The summed E-state index contributed by atoms with van der Waals surface area (Å²) >= 11 is 0. The fourth-order valence-electron chi connectivity index (χ4n) is 2.82. The minimum absolute atomic E-state index is 0.0699. The lowest BCUT2D eigenvalue weighted by Crippen LogP contribution is -2.42. The van der Waals surface area contributed by atoms with E-state index < -0.39 is 12.0 Å². The number of rotatable bonds is 5.